The molecule has 2 rings (SSSR count). The number of methoxy groups -OCH3 is 1. The molecule has 2 heterocycles. The van der Waals surface area contributed by atoms with Crippen molar-refractivity contribution in [3.8, 4) is 0 Å². The van der Waals surface area contributed by atoms with Crippen molar-refractivity contribution in [3.63, 3.8) is 0 Å². The van der Waals surface area contributed by atoms with Gasteiger partial charge in [0.15, 0.2) is 5.84 Å². The summed E-state index contributed by atoms with van der Waals surface area (Å²) in [6.45, 7) is 17.1. The van der Waals surface area contributed by atoms with Gasteiger partial charge in [-0.05, 0) is 19.4 Å². The minimum atomic E-state index is -0.608. The minimum Gasteiger partial charge on any atom is -0.499 e. The molecule has 0 aromatic heterocycles. The van der Waals surface area contributed by atoms with Crippen LogP contribution in [0.4, 0.5) is 0 Å². The summed E-state index contributed by atoms with van der Waals surface area (Å²) < 4.78 is 5.37. The van der Waals surface area contributed by atoms with Gasteiger partial charge in [0, 0.05) is 56.3 Å². The number of aliphatic imine (C=N–C) groups is 2. The number of nitrogens with one attached hydrogen (secondary N) is 2. The molecule has 1 atom stereocenters. The lowest BCUT2D eigenvalue weighted by Gasteiger charge is -2.37. The average molecular weight is 479 g/mol. The number of nitrogens with zero attached hydrogens (tertiary/aromatic N) is 4. The van der Waals surface area contributed by atoms with Crippen molar-refractivity contribution < 1.29 is 14.3 Å². The van der Waals surface area contributed by atoms with Crippen molar-refractivity contribution in [2.75, 3.05) is 33.3 Å². The van der Waals surface area contributed by atoms with Gasteiger partial charge in [-0.1, -0.05) is 38.0 Å². The summed E-state index contributed by atoms with van der Waals surface area (Å²) in [5, 5.41) is 11.2. The van der Waals surface area contributed by atoms with Crippen molar-refractivity contribution in [2.45, 2.75) is 26.3 Å². The van der Waals surface area contributed by atoms with Gasteiger partial charge in [-0.15, -0.1) is 0 Å². The number of carbonyl (C=O) groups excluding carboxylic acids is 2. The highest BCUT2D eigenvalue weighted by Gasteiger charge is 2.30. The molecule has 0 saturated carbocycles. The summed E-state index contributed by atoms with van der Waals surface area (Å²) in [5.74, 6) is -0.782. The van der Waals surface area contributed by atoms with Gasteiger partial charge in [-0.25, -0.2) is 4.99 Å². The molecule has 9 nitrogen and oxygen atoms in total. The third kappa shape index (κ3) is 6.99. The summed E-state index contributed by atoms with van der Waals surface area (Å²) in [4.78, 5) is 38.2. The summed E-state index contributed by atoms with van der Waals surface area (Å²) in [6, 6.07) is -0.409. The monoisotopic (exact) mass is 478 g/mol. The molecule has 0 radical (unpaired) electrons. The van der Waals surface area contributed by atoms with Crippen LogP contribution >= 0.6 is 0 Å². The average Bonchev–Trinajstić information content (AvgIpc) is 2.95. The lowest BCUT2D eigenvalue weighted by molar-refractivity contribution is -0.143. The third-order valence-corrected chi connectivity index (χ3v) is 5.68. The van der Waals surface area contributed by atoms with Crippen LogP contribution in [-0.2, 0) is 14.3 Å². The molecule has 0 bridgehead atoms. The number of allylic oxidation sites excluding steroid dienone is 4. The van der Waals surface area contributed by atoms with E-state index >= 15 is 0 Å². The topological polar surface area (TPSA) is 110 Å². The van der Waals surface area contributed by atoms with Crippen LogP contribution in [-0.4, -0.2) is 78.6 Å². The van der Waals surface area contributed by atoms with E-state index < -0.39 is 17.7 Å². The lowest BCUT2D eigenvalue weighted by atomic mass is 10.1. The normalized spacial score (nSPS) is 22.2. The van der Waals surface area contributed by atoms with E-state index in [4.69, 9.17) is 10.1 Å². The van der Waals surface area contributed by atoms with Crippen LogP contribution in [0, 0.1) is 5.41 Å². The highest BCUT2D eigenvalue weighted by Crippen LogP contribution is 2.19. The van der Waals surface area contributed by atoms with Crippen molar-refractivity contribution in [1.29, 1.82) is 5.41 Å². The molecule has 9 heteroatoms. The van der Waals surface area contributed by atoms with E-state index in [1.807, 2.05) is 6.08 Å². The largest absolute Gasteiger partial charge is 0.499 e. The Morgan fingerprint density at radius 3 is 2.49 bits per heavy atom. The quantitative estimate of drug-likeness (QED) is 0.241. The molecule has 1 unspecified atom stereocenters. The highest BCUT2D eigenvalue weighted by atomic mass is 16.5. The van der Waals surface area contributed by atoms with E-state index in [-0.39, 0.29) is 17.8 Å². The van der Waals surface area contributed by atoms with Crippen LogP contribution in [0.3, 0.4) is 0 Å². The molecule has 1 saturated heterocycles. The summed E-state index contributed by atoms with van der Waals surface area (Å²) in [6.07, 6.45) is 9.80. The molecule has 0 aromatic rings. The van der Waals surface area contributed by atoms with Gasteiger partial charge >= 0.3 is 0 Å². The Morgan fingerprint density at radius 1 is 1.26 bits per heavy atom. The highest BCUT2D eigenvalue weighted by molar-refractivity contribution is 6.44. The van der Waals surface area contributed by atoms with E-state index in [1.165, 1.54) is 25.7 Å². The zero-order valence-corrected chi connectivity index (χ0v) is 20.7. The number of ether oxygens (including phenoxy) is 1. The molecule has 2 aliphatic heterocycles. The molecule has 1 fully saturated rings. The molecule has 35 heavy (non-hydrogen) atoms. The predicted molar refractivity (Wildman–Crippen MR) is 140 cm³/mol. The van der Waals surface area contributed by atoms with Gasteiger partial charge in [0.25, 0.3) is 5.91 Å². The first-order chi connectivity index (χ1) is 16.8. The maximum absolute atomic E-state index is 13.2. The van der Waals surface area contributed by atoms with Crippen LogP contribution < -0.4 is 5.32 Å². The van der Waals surface area contributed by atoms with Gasteiger partial charge < -0.3 is 19.9 Å². The molecule has 0 spiro atoms. The molecule has 2 N–H and O–H groups in total. The van der Waals surface area contributed by atoms with Gasteiger partial charge in [-0.3, -0.25) is 20.0 Å². The maximum Gasteiger partial charge on any atom is 0.294 e. The number of Topliss-reactive ketones (excluding diaryl/α,β-unsaturated/α-hetero) is 1. The van der Waals surface area contributed by atoms with Crippen LogP contribution in [0.1, 0.15) is 20.3 Å². The van der Waals surface area contributed by atoms with Gasteiger partial charge in [0.2, 0.25) is 5.78 Å². The van der Waals surface area contributed by atoms with Crippen LogP contribution in [0.25, 0.3) is 0 Å². The molecule has 0 aromatic carbocycles. The zero-order valence-electron chi connectivity index (χ0n) is 20.7. The Morgan fingerprint density at radius 2 is 1.91 bits per heavy atom. The second-order valence-electron chi connectivity index (χ2n) is 7.90. The minimum absolute atomic E-state index is 0.000428. The Hall–Kier alpha value is -4.01. The Balaban J connectivity index is 2.14. The first-order valence-electron chi connectivity index (χ1n) is 11.3. The number of ketones is 1. The van der Waals surface area contributed by atoms with E-state index in [0.29, 0.717) is 37.6 Å². The number of rotatable bonds is 8. The summed E-state index contributed by atoms with van der Waals surface area (Å²) in [5.41, 5.74) is 2.31. The number of amidine groups is 1. The fourth-order valence-corrected chi connectivity index (χ4v) is 3.63. The van der Waals surface area contributed by atoms with Crippen LogP contribution in [0.5, 0.6) is 0 Å². The van der Waals surface area contributed by atoms with Crippen molar-refractivity contribution in [1.82, 2.24) is 15.1 Å². The predicted octanol–water partition coefficient (Wildman–Crippen LogP) is 2.77. The maximum atomic E-state index is 13.2. The Bertz CT molecular complexity index is 1040. The Kier molecular flexibility index (Phi) is 10.1. The van der Waals surface area contributed by atoms with Gasteiger partial charge in [0.05, 0.1) is 19.4 Å². The SMILES string of the molecule is C=C/C=C(\C=C)C(=C)N1CCN(C(=O)C(=O)/C2=C/NC(C)C(C(=N)N=CC)=N/C=C(/OC)C2)CC1. The first kappa shape index (κ1) is 27.2. The fourth-order valence-electron chi connectivity index (χ4n) is 3.63. The summed E-state index contributed by atoms with van der Waals surface area (Å²) >= 11 is 0. The number of hydrogen-bond donors (Lipinski definition) is 2. The number of carbonyl (C=O) groups is 2. The molecular weight excluding hydrogens is 444 g/mol. The fraction of sp³-hybridized carbons (Fsp3) is 0.346. The van der Waals surface area contributed by atoms with Gasteiger partial charge in [0.1, 0.15) is 11.5 Å². The zero-order chi connectivity index (χ0) is 26.0. The van der Waals surface area contributed by atoms with Crippen LogP contribution in [0.15, 0.2) is 83.0 Å². The lowest BCUT2D eigenvalue weighted by Crippen LogP contribution is -2.50. The number of amides is 1. The summed E-state index contributed by atoms with van der Waals surface area (Å²) in [7, 11) is 1.47. The van der Waals surface area contributed by atoms with E-state index in [9.17, 15) is 9.59 Å². The van der Waals surface area contributed by atoms with Crippen molar-refractivity contribution in [3.05, 3.63) is 73.0 Å². The second-order valence-corrected chi connectivity index (χ2v) is 7.90. The van der Waals surface area contributed by atoms with Crippen molar-refractivity contribution >= 4 is 29.5 Å². The van der Waals surface area contributed by atoms with E-state index in [1.54, 1.807) is 30.9 Å². The van der Waals surface area contributed by atoms with Crippen molar-refractivity contribution in [2.24, 2.45) is 9.98 Å². The second kappa shape index (κ2) is 13.0. The molecular formula is C26H34N6O3. The molecule has 2 aliphatic rings. The van der Waals surface area contributed by atoms with E-state index in [0.717, 1.165) is 11.3 Å². The standard InChI is InChI=1S/C26H34N6O3/c1-7-10-20(8-2)19(5)31-11-13-32(14-12-31)26(34)24(33)21-15-22(35-6)17-30-23(18(4)29-16-21)25(27)28-9-3/h7-10,16-18,27,29H,1-2,5,11-15H2,3-4,6H3/b20-10+,21-16+,22-17+,27-25?,28-9?,30-23?. The molecule has 0 aliphatic carbocycles. The number of hydrogen-bond acceptors (Lipinski definition) is 7. The third-order valence-electron chi connectivity index (χ3n) is 5.68. The van der Waals surface area contributed by atoms with E-state index in [2.05, 4.69) is 39.9 Å². The first-order valence-corrected chi connectivity index (χ1v) is 11.3. The van der Waals surface area contributed by atoms with Crippen LogP contribution in [0.2, 0.25) is 0 Å². The molecule has 1 amide bonds. The smallest absolute Gasteiger partial charge is 0.294 e. The number of piperazine rings is 1. The van der Waals surface area contributed by atoms with Gasteiger partial charge in [-0.2, -0.15) is 0 Å². The molecule has 186 valence electrons. The Labute approximate surface area is 207 Å².